The van der Waals surface area contributed by atoms with Crippen LogP contribution < -0.4 is 16.1 Å². The molecule has 29 heavy (non-hydrogen) atoms. The number of benzene rings is 3. The van der Waals surface area contributed by atoms with Gasteiger partial charge in [0.2, 0.25) is 0 Å². The molecular formula is C25H20N2O2. The summed E-state index contributed by atoms with van der Waals surface area (Å²) in [7, 11) is 0. The lowest BCUT2D eigenvalue weighted by Crippen LogP contribution is -2.22. The average Bonchev–Trinajstić information content (AvgIpc) is 3.24. The van der Waals surface area contributed by atoms with E-state index in [1.54, 1.807) is 0 Å². The fourth-order valence-corrected chi connectivity index (χ4v) is 4.15. The fraction of sp³-hybridized carbons (Fsp3) is 0.160. The van der Waals surface area contributed by atoms with Gasteiger partial charge in [0.05, 0.1) is 5.69 Å². The van der Waals surface area contributed by atoms with Crippen LogP contribution in [-0.4, -0.2) is 16.6 Å². The Bertz CT molecular complexity index is 1460. The smallest absolute Gasteiger partial charge is 0.296 e. The van der Waals surface area contributed by atoms with Crippen LogP contribution in [0.4, 0.5) is 0 Å². The van der Waals surface area contributed by atoms with Gasteiger partial charge in [-0.25, -0.2) is 4.98 Å². The van der Waals surface area contributed by atoms with Crippen LogP contribution in [0.25, 0.3) is 38.6 Å². The third-order valence-electron chi connectivity index (χ3n) is 5.54. The Labute approximate surface area is 167 Å². The molecule has 0 spiro atoms. The van der Waals surface area contributed by atoms with E-state index >= 15 is 0 Å². The highest BCUT2D eigenvalue weighted by atomic mass is 16.3. The molecule has 3 aromatic carbocycles. The highest BCUT2D eigenvalue weighted by molar-refractivity contribution is 6.23. The molecule has 0 bridgehead atoms. The van der Waals surface area contributed by atoms with E-state index in [9.17, 15) is 9.90 Å². The van der Waals surface area contributed by atoms with Crippen molar-refractivity contribution in [3.05, 3.63) is 87.2 Å². The van der Waals surface area contributed by atoms with Crippen molar-refractivity contribution in [2.45, 2.75) is 19.8 Å². The van der Waals surface area contributed by atoms with Crippen LogP contribution in [0.15, 0.2) is 70.5 Å². The first-order valence-corrected chi connectivity index (χ1v) is 9.94. The summed E-state index contributed by atoms with van der Waals surface area (Å²) in [6, 6.07) is 19.4. The Hall–Kier alpha value is -3.53. The maximum atomic E-state index is 12.5. The van der Waals surface area contributed by atoms with E-state index in [1.807, 2.05) is 60.7 Å². The second-order valence-corrected chi connectivity index (χ2v) is 7.33. The van der Waals surface area contributed by atoms with Gasteiger partial charge in [0.25, 0.3) is 5.56 Å². The van der Waals surface area contributed by atoms with Gasteiger partial charge in [0, 0.05) is 28.3 Å². The molecule has 0 aromatic heterocycles. The van der Waals surface area contributed by atoms with E-state index in [0.717, 1.165) is 50.7 Å². The summed E-state index contributed by atoms with van der Waals surface area (Å²) in [5.41, 5.74) is 2.06. The maximum Gasteiger partial charge on any atom is 0.296 e. The highest BCUT2D eigenvalue weighted by Gasteiger charge is 2.23. The van der Waals surface area contributed by atoms with E-state index in [4.69, 9.17) is 0 Å². The van der Waals surface area contributed by atoms with Gasteiger partial charge < -0.3 is 5.11 Å². The summed E-state index contributed by atoms with van der Waals surface area (Å²) in [4.78, 5) is 21.4. The molecule has 0 atom stereocenters. The van der Waals surface area contributed by atoms with Crippen LogP contribution in [0.1, 0.15) is 25.3 Å². The van der Waals surface area contributed by atoms with Crippen LogP contribution in [0.3, 0.4) is 0 Å². The number of aliphatic hydroxyl groups is 1. The van der Waals surface area contributed by atoms with Gasteiger partial charge in [-0.2, -0.15) is 0 Å². The van der Waals surface area contributed by atoms with Gasteiger partial charge >= 0.3 is 0 Å². The van der Waals surface area contributed by atoms with Crippen molar-refractivity contribution < 1.29 is 5.11 Å². The summed E-state index contributed by atoms with van der Waals surface area (Å²) < 4.78 is 0. The first-order valence-electron chi connectivity index (χ1n) is 9.94. The summed E-state index contributed by atoms with van der Waals surface area (Å²) >= 11 is 0. The Kier molecular flexibility index (Phi) is 4.13. The molecule has 0 unspecified atom stereocenters. The predicted octanol–water partition coefficient (Wildman–Crippen LogP) is 3.86. The topological polar surface area (TPSA) is 62.6 Å². The van der Waals surface area contributed by atoms with Gasteiger partial charge in [0.1, 0.15) is 11.1 Å². The van der Waals surface area contributed by atoms with Gasteiger partial charge in [-0.15, -0.1) is 0 Å². The van der Waals surface area contributed by atoms with Crippen LogP contribution >= 0.6 is 0 Å². The molecule has 0 saturated heterocycles. The van der Waals surface area contributed by atoms with Crippen molar-refractivity contribution in [1.82, 2.24) is 4.98 Å². The van der Waals surface area contributed by atoms with E-state index < -0.39 is 0 Å². The molecule has 3 aromatic rings. The second kappa shape index (κ2) is 6.82. The van der Waals surface area contributed by atoms with Crippen molar-refractivity contribution >= 4 is 27.3 Å². The van der Waals surface area contributed by atoms with E-state index in [2.05, 4.69) is 16.9 Å². The molecule has 1 heterocycles. The van der Waals surface area contributed by atoms with Crippen LogP contribution in [-0.2, 0) is 0 Å². The summed E-state index contributed by atoms with van der Waals surface area (Å²) in [6.45, 7) is 2.74. The minimum Gasteiger partial charge on any atom is -0.507 e. The van der Waals surface area contributed by atoms with Crippen molar-refractivity contribution in [3.8, 4) is 11.3 Å². The van der Waals surface area contributed by atoms with Crippen LogP contribution in [0, 0.1) is 0 Å². The number of unbranched alkanes of at least 4 members (excludes halogenated alkanes) is 1. The highest BCUT2D eigenvalue weighted by Crippen LogP contribution is 2.38. The summed E-state index contributed by atoms with van der Waals surface area (Å²) in [5.74, 6) is 0.242. The number of rotatable bonds is 4. The monoisotopic (exact) mass is 380 g/mol. The number of hydrogen-bond donors (Lipinski definition) is 1. The van der Waals surface area contributed by atoms with Crippen molar-refractivity contribution in [3.63, 3.8) is 0 Å². The lowest BCUT2D eigenvalue weighted by atomic mass is 10.0. The molecule has 5 rings (SSSR count). The molecular weight excluding hydrogens is 360 g/mol. The number of nitrogens with zero attached hydrogens (tertiary/aromatic N) is 2. The molecule has 2 aliphatic rings. The molecule has 1 N–H and O–H groups in total. The second-order valence-electron chi connectivity index (χ2n) is 7.33. The number of hydrogen-bond acceptors (Lipinski definition) is 4. The minimum atomic E-state index is -0.253. The van der Waals surface area contributed by atoms with Gasteiger partial charge in [0.15, 0.2) is 0 Å². The quantitative estimate of drug-likeness (QED) is 0.482. The zero-order valence-electron chi connectivity index (χ0n) is 16.1. The number of aliphatic hydroxyl groups excluding tert-OH is 1. The van der Waals surface area contributed by atoms with Gasteiger partial charge in [-0.1, -0.05) is 67.9 Å². The molecule has 0 amide bonds. The van der Waals surface area contributed by atoms with Crippen molar-refractivity contribution in [1.29, 1.82) is 0 Å². The molecule has 0 radical (unpaired) electrons. The van der Waals surface area contributed by atoms with Gasteiger partial charge in [-0.05, 0) is 28.6 Å². The average molecular weight is 380 g/mol. The molecule has 4 heteroatoms. The third kappa shape index (κ3) is 2.64. The Morgan fingerprint density at radius 1 is 0.966 bits per heavy atom. The summed E-state index contributed by atoms with van der Waals surface area (Å²) in [5, 5.41) is 16.1. The molecule has 4 nitrogen and oxygen atoms in total. The standard InChI is InChI=1S/C25H20N2O2/c1-2-3-14-26-23-21-18-13-12-17(24(28)15-8-5-4-6-9-15)16-10-7-11-19(20(16)18)22(21)27-25(23)29/h4-13,28H,2-3,14H2,1H3/b24-17-,26-23?. The van der Waals surface area contributed by atoms with E-state index in [-0.39, 0.29) is 11.3 Å². The lowest BCUT2D eigenvalue weighted by Gasteiger charge is -2.04. The lowest BCUT2D eigenvalue weighted by molar-refractivity contribution is 0.508. The first kappa shape index (κ1) is 17.6. The minimum absolute atomic E-state index is 0.242. The summed E-state index contributed by atoms with van der Waals surface area (Å²) in [6.07, 6.45) is 1.97. The maximum absolute atomic E-state index is 12.5. The van der Waals surface area contributed by atoms with Crippen molar-refractivity contribution in [2.75, 3.05) is 6.54 Å². The normalized spacial score (nSPS) is 13.8. The first-order chi connectivity index (χ1) is 14.2. The van der Waals surface area contributed by atoms with Crippen molar-refractivity contribution in [2.24, 2.45) is 4.99 Å². The largest absolute Gasteiger partial charge is 0.507 e. The molecule has 142 valence electrons. The number of fused-ring (bicyclic) bond motifs is 3. The number of aromatic nitrogens is 1. The molecule has 1 aliphatic carbocycles. The van der Waals surface area contributed by atoms with E-state index in [1.165, 1.54) is 0 Å². The van der Waals surface area contributed by atoms with Crippen LogP contribution in [0.5, 0.6) is 0 Å². The Morgan fingerprint density at radius 3 is 2.55 bits per heavy atom. The van der Waals surface area contributed by atoms with Crippen LogP contribution in [0.2, 0.25) is 0 Å². The molecule has 0 saturated carbocycles. The predicted molar refractivity (Wildman–Crippen MR) is 117 cm³/mol. The Morgan fingerprint density at radius 2 is 1.76 bits per heavy atom. The fourth-order valence-electron chi connectivity index (χ4n) is 4.15. The zero-order chi connectivity index (χ0) is 20.0. The third-order valence-corrected chi connectivity index (χ3v) is 5.54. The SMILES string of the molecule is CCCCN=c1c2c3cc/c(=C(/O)c4ccccc4)c4cccc(c-2nc1=O)c34. The van der Waals surface area contributed by atoms with Gasteiger partial charge in [-0.3, -0.25) is 9.79 Å². The Balaban J connectivity index is 1.89. The molecule has 0 fully saturated rings. The molecule has 1 aliphatic heterocycles. The van der Waals surface area contributed by atoms with E-state index in [0.29, 0.717) is 17.6 Å². The zero-order valence-corrected chi connectivity index (χ0v) is 16.1.